The predicted molar refractivity (Wildman–Crippen MR) is 99.3 cm³/mol. The van der Waals surface area contributed by atoms with Crippen molar-refractivity contribution in [1.29, 1.82) is 0 Å². The maximum absolute atomic E-state index is 12.4. The lowest BCUT2D eigenvalue weighted by Gasteiger charge is -2.11. The number of pyridine rings is 1. The highest BCUT2D eigenvalue weighted by Crippen LogP contribution is 2.25. The van der Waals surface area contributed by atoms with Gasteiger partial charge in [-0.1, -0.05) is 12.1 Å². The number of hydrogen-bond donors (Lipinski definition) is 2. The van der Waals surface area contributed by atoms with E-state index >= 15 is 0 Å². The van der Waals surface area contributed by atoms with Crippen LogP contribution in [0, 0.1) is 6.92 Å². The molecule has 0 radical (unpaired) electrons. The van der Waals surface area contributed by atoms with Gasteiger partial charge in [-0.05, 0) is 36.2 Å². The molecule has 0 aliphatic carbocycles. The van der Waals surface area contributed by atoms with E-state index in [1.807, 2.05) is 37.3 Å². The molecule has 26 heavy (non-hydrogen) atoms. The van der Waals surface area contributed by atoms with Crippen LogP contribution in [0.1, 0.15) is 21.5 Å². The lowest BCUT2D eigenvalue weighted by molar-refractivity contribution is 0.102. The zero-order valence-electron chi connectivity index (χ0n) is 14.6. The molecule has 0 fully saturated rings. The van der Waals surface area contributed by atoms with Gasteiger partial charge in [0.15, 0.2) is 0 Å². The summed E-state index contributed by atoms with van der Waals surface area (Å²) in [6.45, 7) is 2.50. The van der Waals surface area contributed by atoms with Crippen LogP contribution in [-0.4, -0.2) is 28.0 Å². The zero-order valence-corrected chi connectivity index (χ0v) is 14.6. The summed E-state index contributed by atoms with van der Waals surface area (Å²) in [6, 6.07) is 9.40. The third-order valence-electron chi connectivity index (χ3n) is 3.69. The van der Waals surface area contributed by atoms with Gasteiger partial charge in [0.2, 0.25) is 5.95 Å². The first-order valence-electron chi connectivity index (χ1n) is 8.06. The summed E-state index contributed by atoms with van der Waals surface area (Å²) < 4.78 is 5.27. The monoisotopic (exact) mass is 349 g/mol. The number of aryl methyl sites for hydroxylation is 1. The Balaban J connectivity index is 1.64. The van der Waals surface area contributed by atoms with E-state index in [0.29, 0.717) is 29.5 Å². The minimum absolute atomic E-state index is 0.298. The Morgan fingerprint density at radius 3 is 2.65 bits per heavy atom. The lowest BCUT2D eigenvalue weighted by atomic mass is 10.2. The van der Waals surface area contributed by atoms with Crippen LogP contribution in [0.15, 0.2) is 55.1 Å². The Bertz CT molecular complexity index is 882. The number of methoxy groups -OCH3 is 1. The number of nitrogens with zero attached hydrogens (tertiary/aromatic N) is 3. The molecule has 2 aromatic heterocycles. The molecule has 0 aliphatic rings. The van der Waals surface area contributed by atoms with E-state index < -0.39 is 0 Å². The van der Waals surface area contributed by atoms with Crippen molar-refractivity contribution in [1.82, 2.24) is 15.0 Å². The topological polar surface area (TPSA) is 89.0 Å². The zero-order chi connectivity index (χ0) is 18.4. The molecular weight excluding hydrogens is 330 g/mol. The van der Waals surface area contributed by atoms with Crippen molar-refractivity contribution >= 4 is 17.5 Å². The SMILES string of the molecule is COc1ccc(C)cc1NC(=O)c1cnc(NCc2cccnc2)nc1. The van der Waals surface area contributed by atoms with Gasteiger partial charge in [-0.3, -0.25) is 9.78 Å². The number of ether oxygens (including phenoxy) is 1. The fraction of sp³-hybridized carbons (Fsp3) is 0.158. The van der Waals surface area contributed by atoms with E-state index in [4.69, 9.17) is 4.74 Å². The molecule has 3 aromatic rings. The van der Waals surface area contributed by atoms with E-state index in [2.05, 4.69) is 25.6 Å². The summed E-state index contributed by atoms with van der Waals surface area (Å²) in [4.78, 5) is 24.8. The smallest absolute Gasteiger partial charge is 0.258 e. The quantitative estimate of drug-likeness (QED) is 0.711. The van der Waals surface area contributed by atoms with Crippen LogP contribution in [0.3, 0.4) is 0 Å². The second kappa shape index (κ2) is 8.06. The molecule has 2 heterocycles. The molecule has 0 spiro atoms. The van der Waals surface area contributed by atoms with Gasteiger partial charge in [0.1, 0.15) is 5.75 Å². The molecule has 1 amide bonds. The highest BCUT2D eigenvalue weighted by molar-refractivity contribution is 6.04. The standard InChI is InChI=1S/C19H19N5O2/c1-13-5-6-17(26-2)16(8-13)24-18(25)15-11-22-19(23-12-15)21-10-14-4-3-7-20-9-14/h3-9,11-12H,10H2,1-2H3,(H,24,25)(H,21,22,23). The van der Waals surface area contributed by atoms with Crippen LogP contribution in [0.5, 0.6) is 5.75 Å². The van der Waals surface area contributed by atoms with Crippen LogP contribution in [-0.2, 0) is 6.54 Å². The summed E-state index contributed by atoms with van der Waals surface area (Å²) in [5, 5.41) is 5.91. The van der Waals surface area contributed by atoms with Crippen LogP contribution < -0.4 is 15.4 Å². The predicted octanol–water partition coefficient (Wildman–Crippen LogP) is 3.05. The Morgan fingerprint density at radius 2 is 1.96 bits per heavy atom. The van der Waals surface area contributed by atoms with E-state index in [-0.39, 0.29) is 5.91 Å². The van der Waals surface area contributed by atoms with Crippen LogP contribution in [0.4, 0.5) is 11.6 Å². The maximum Gasteiger partial charge on any atom is 0.258 e. The normalized spacial score (nSPS) is 10.2. The highest BCUT2D eigenvalue weighted by atomic mass is 16.5. The van der Waals surface area contributed by atoms with Crippen molar-refractivity contribution < 1.29 is 9.53 Å². The largest absolute Gasteiger partial charge is 0.495 e. The number of amides is 1. The first-order valence-corrected chi connectivity index (χ1v) is 8.06. The number of nitrogens with one attached hydrogen (secondary N) is 2. The van der Waals surface area contributed by atoms with Gasteiger partial charge in [0.05, 0.1) is 18.4 Å². The van der Waals surface area contributed by atoms with E-state index in [1.165, 1.54) is 12.4 Å². The van der Waals surface area contributed by atoms with Gasteiger partial charge in [-0.2, -0.15) is 0 Å². The van der Waals surface area contributed by atoms with E-state index in [1.54, 1.807) is 19.5 Å². The Hall–Kier alpha value is -3.48. The molecule has 2 N–H and O–H groups in total. The lowest BCUT2D eigenvalue weighted by Crippen LogP contribution is -2.14. The third kappa shape index (κ3) is 4.32. The Labute approximate surface area is 151 Å². The van der Waals surface area contributed by atoms with Crippen LogP contribution >= 0.6 is 0 Å². The molecule has 7 nitrogen and oxygen atoms in total. The van der Waals surface area contributed by atoms with Crippen molar-refractivity contribution in [2.45, 2.75) is 13.5 Å². The van der Waals surface area contributed by atoms with Gasteiger partial charge in [-0.15, -0.1) is 0 Å². The number of hydrogen-bond acceptors (Lipinski definition) is 6. The molecule has 0 aliphatic heterocycles. The molecular formula is C19H19N5O2. The number of anilines is 2. The average molecular weight is 349 g/mol. The Morgan fingerprint density at radius 1 is 1.15 bits per heavy atom. The summed E-state index contributed by atoms with van der Waals surface area (Å²) in [5.74, 6) is 0.742. The molecule has 0 saturated heterocycles. The molecule has 3 rings (SSSR count). The first kappa shape index (κ1) is 17.3. The van der Waals surface area contributed by atoms with E-state index in [0.717, 1.165) is 11.1 Å². The van der Waals surface area contributed by atoms with Gasteiger partial charge in [-0.25, -0.2) is 9.97 Å². The van der Waals surface area contributed by atoms with Crippen molar-refractivity contribution in [3.8, 4) is 5.75 Å². The number of carbonyl (C=O) groups excluding carboxylic acids is 1. The van der Waals surface area contributed by atoms with Crippen LogP contribution in [0.2, 0.25) is 0 Å². The number of carbonyl (C=O) groups is 1. The van der Waals surface area contributed by atoms with Gasteiger partial charge >= 0.3 is 0 Å². The molecule has 0 unspecified atom stereocenters. The van der Waals surface area contributed by atoms with E-state index in [9.17, 15) is 4.79 Å². The molecule has 7 heteroatoms. The summed E-state index contributed by atoms with van der Waals surface area (Å²) >= 11 is 0. The second-order valence-corrected chi connectivity index (χ2v) is 5.67. The number of benzene rings is 1. The summed E-state index contributed by atoms with van der Waals surface area (Å²) in [5.41, 5.74) is 3.01. The second-order valence-electron chi connectivity index (χ2n) is 5.67. The minimum atomic E-state index is -0.298. The number of rotatable bonds is 6. The van der Waals surface area contributed by atoms with Crippen molar-refractivity contribution in [3.05, 3.63) is 71.8 Å². The van der Waals surface area contributed by atoms with Crippen LogP contribution in [0.25, 0.3) is 0 Å². The fourth-order valence-corrected chi connectivity index (χ4v) is 2.33. The van der Waals surface area contributed by atoms with Crippen molar-refractivity contribution in [2.75, 3.05) is 17.7 Å². The first-order chi connectivity index (χ1) is 12.7. The van der Waals surface area contributed by atoms with Crippen molar-refractivity contribution in [3.63, 3.8) is 0 Å². The average Bonchev–Trinajstić information content (AvgIpc) is 2.68. The Kier molecular flexibility index (Phi) is 5.38. The molecule has 1 aromatic carbocycles. The van der Waals surface area contributed by atoms with Gasteiger partial charge < -0.3 is 15.4 Å². The summed E-state index contributed by atoms with van der Waals surface area (Å²) in [6.07, 6.45) is 6.45. The van der Waals surface area contributed by atoms with Gasteiger partial charge in [0.25, 0.3) is 5.91 Å². The molecule has 0 saturated carbocycles. The van der Waals surface area contributed by atoms with Gasteiger partial charge in [0, 0.05) is 31.3 Å². The molecule has 0 atom stereocenters. The molecule has 132 valence electrons. The number of aromatic nitrogens is 3. The summed E-state index contributed by atoms with van der Waals surface area (Å²) in [7, 11) is 1.56. The molecule has 0 bridgehead atoms. The maximum atomic E-state index is 12.4. The fourth-order valence-electron chi connectivity index (χ4n) is 2.33. The highest BCUT2D eigenvalue weighted by Gasteiger charge is 2.11. The van der Waals surface area contributed by atoms with Crippen molar-refractivity contribution in [2.24, 2.45) is 0 Å². The minimum Gasteiger partial charge on any atom is -0.495 e. The third-order valence-corrected chi connectivity index (χ3v) is 3.69.